The minimum Gasteiger partial charge on any atom is -0.282 e. The van der Waals surface area contributed by atoms with Crippen molar-refractivity contribution in [2.45, 2.75) is 40.2 Å². The van der Waals surface area contributed by atoms with Crippen molar-refractivity contribution in [3.8, 4) is 0 Å². The summed E-state index contributed by atoms with van der Waals surface area (Å²) in [6, 6.07) is 13.1. The maximum absolute atomic E-state index is 13.6. The van der Waals surface area contributed by atoms with Crippen LogP contribution in [0.25, 0.3) is 10.2 Å². The first-order valence-corrected chi connectivity index (χ1v) is 12.0. The molecule has 8 heteroatoms. The number of halogens is 2. The lowest BCUT2D eigenvalue weighted by Gasteiger charge is -2.21. The predicted molar refractivity (Wildman–Crippen MR) is 134 cm³/mol. The molecule has 0 N–H and O–H groups in total. The molecule has 4 rings (SSSR count). The van der Waals surface area contributed by atoms with E-state index in [1.54, 1.807) is 23.1 Å². The van der Waals surface area contributed by atoms with E-state index in [1.165, 1.54) is 11.3 Å². The summed E-state index contributed by atoms with van der Waals surface area (Å²) in [5, 5.41) is 5.99. The van der Waals surface area contributed by atoms with Gasteiger partial charge in [0.25, 0.3) is 5.91 Å². The molecule has 0 aliphatic rings. The molecule has 1 amide bonds. The third kappa shape index (κ3) is 4.53. The molecule has 2 aromatic carbocycles. The summed E-state index contributed by atoms with van der Waals surface area (Å²) in [6.45, 7) is 9.19. The van der Waals surface area contributed by atoms with Crippen LogP contribution in [0.2, 0.25) is 10.0 Å². The maximum Gasteiger partial charge on any atom is 0.261 e. The van der Waals surface area contributed by atoms with Crippen molar-refractivity contribution < 1.29 is 4.79 Å². The molecule has 0 spiro atoms. The van der Waals surface area contributed by atoms with E-state index in [-0.39, 0.29) is 5.91 Å². The summed E-state index contributed by atoms with van der Waals surface area (Å²) in [6.07, 6.45) is 0. The number of thiazole rings is 1. The first kappa shape index (κ1) is 22.8. The zero-order valence-corrected chi connectivity index (χ0v) is 20.7. The van der Waals surface area contributed by atoms with E-state index in [4.69, 9.17) is 28.2 Å². The van der Waals surface area contributed by atoms with Gasteiger partial charge < -0.3 is 0 Å². The van der Waals surface area contributed by atoms with E-state index in [2.05, 4.69) is 25.0 Å². The number of fused-ring (bicyclic) bond motifs is 1. The molecule has 0 saturated carbocycles. The largest absolute Gasteiger partial charge is 0.282 e. The molecule has 2 aromatic heterocycles. The molecular weight excluding hydrogens is 463 g/mol. The molecule has 5 nitrogen and oxygen atoms in total. The molecule has 32 heavy (non-hydrogen) atoms. The quantitative estimate of drug-likeness (QED) is 0.298. The van der Waals surface area contributed by atoms with Crippen LogP contribution in [0.1, 0.15) is 47.1 Å². The number of aryl methyl sites for hydroxylation is 2. The molecule has 4 aromatic rings. The lowest BCUT2D eigenvalue weighted by atomic mass is 10.0. The summed E-state index contributed by atoms with van der Waals surface area (Å²) < 4.78 is 2.95. The molecule has 0 unspecified atom stereocenters. The van der Waals surface area contributed by atoms with Crippen LogP contribution in [0, 0.1) is 13.8 Å². The van der Waals surface area contributed by atoms with Crippen molar-refractivity contribution in [1.29, 1.82) is 0 Å². The standard InChI is InChI=1S/C24H24Cl2N4OS/c1-14(2)18-6-5-7-21-22(18)27-24(32-21)29(10-11-30-16(4)12-15(3)28-30)23(31)19-13-17(25)8-9-20(19)26/h5-9,12-14H,10-11H2,1-4H3. The summed E-state index contributed by atoms with van der Waals surface area (Å²) in [7, 11) is 0. The van der Waals surface area contributed by atoms with Crippen LogP contribution in [0.5, 0.6) is 0 Å². The van der Waals surface area contributed by atoms with Crippen LogP contribution >= 0.6 is 34.5 Å². The summed E-state index contributed by atoms with van der Waals surface area (Å²) >= 11 is 14.0. The van der Waals surface area contributed by atoms with Crippen LogP contribution in [0.3, 0.4) is 0 Å². The van der Waals surface area contributed by atoms with Crippen molar-refractivity contribution in [3.05, 3.63) is 75.0 Å². The second kappa shape index (κ2) is 9.22. The summed E-state index contributed by atoms with van der Waals surface area (Å²) in [5.74, 6) is 0.0964. The number of hydrogen-bond acceptors (Lipinski definition) is 4. The van der Waals surface area contributed by atoms with Crippen molar-refractivity contribution in [1.82, 2.24) is 14.8 Å². The van der Waals surface area contributed by atoms with E-state index in [1.807, 2.05) is 36.7 Å². The number of carbonyl (C=O) groups is 1. The first-order chi connectivity index (χ1) is 15.2. The SMILES string of the molecule is Cc1cc(C)n(CCN(C(=O)c2cc(Cl)ccc2Cl)c2nc3c(C(C)C)cccc3s2)n1. The highest BCUT2D eigenvalue weighted by molar-refractivity contribution is 7.22. The number of nitrogens with zero attached hydrogens (tertiary/aromatic N) is 4. The predicted octanol–water partition coefficient (Wildman–Crippen LogP) is 6.89. The fourth-order valence-corrected chi connectivity index (χ4v) is 5.12. The van der Waals surface area contributed by atoms with E-state index >= 15 is 0 Å². The summed E-state index contributed by atoms with van der Waals surface area (Å²) in [4.78, 5) is 20.2. The van der Waals surface area contributed by atoms with Crippen molar-refractivity contribution >= 4 is 55.8 Å². The van der Waals surface area contributed by atoms with Crippen molar-refractivity contribution in [2.24, 2.45) is 0 Å². The first-order valence-electron chi connectivity index (χ1n) is 10.4. The minimum atomic E-state index is -0.232. The normalized spacial score (nSPS) is 11.5. The molecule has 0 radical (unpaired) electrons. The number of amides is 1. The zero-order valence-electron chi connectivity index (χ0n) is 18.4. The van der Waals surface area contributed by atoms with Gasteiger partial charge in [0.05, 0.1) is 33.0 Å². The number of anilines is 1. The number of carbonyl (C=O) groups excluding carboxylic acids is 1. The smallest absolute Gasteiger partial charge is 0.261 e. The average molecular weight is 487 g/mol. The van der Waals surface area contributed by atoms with Gasteiger partial charge in [-0.1, -0.05) is 60.5 Å². The fraction of sp³-hybridized carbons (Fsp3) is 0.292. The van der Waals surface area contributed by atoms with Crippen LogP contribution in [-0.4, -0.2) is 27.2 Å². The monoisotopic (exact) mass is 486 g/mol. The molecule has 2 heterocycles. The van der Waals surface area contributed by atoms with Gasteiger partial charge in [-0.05, 0) is 55.7 Å². The van der Waals surface area contributed by atoms with E-state index in [0.29, 0.717) is 39.7 Å². The van der Waals surface area contributed by atoms with Crippen LogP contribution in [-0.2, 0) is 6.54 Å². The van der Waals surface area contributed by atoms with Crippen molar-refractivity contribution in [2.75, 3.05) is 11.4 Å². The Morgan fingerprint density at radius 2 is 1.94 bits per heavy atom. The number of hydrogen-bond donors (Lipinski definition) is 0. The molecule has 166 valence electrons. The number of benzene rings is 2. The Balaban J connectivity index is 1.77. The van der Waals surface area contributed by atoms with Gasteiger partial charge in [-0.25, -0.2) is 4.98 Å². The highest BCUT2D eigenvalue weighted by Gasteiger charge is 2.24. The Morgan fingerprint density at radius 1 is 1.16 bits per heavy atom. The highest BCUT2D eigenvalue weighted by Crippen LogP contribution is 2.35. The third-order valence-corrected chi connectivity index (χ3v) is 6.94. The van der Waals surface area contributed by atoms with Crippen LogP contribution in [0.4, 0.5) is 5.13 Å². The lowest BCUT2D eigenvalue weighted by Crippen LogP contribution is -2.34. The van der Waals surface area contributed by atoms with Gasteiger partial charge in [0.2, 0.25) is 0 Å². The fourth-order valence-electron chi connectivity index (χ4n) is 3.73. The van der Waals surface area contributed by atoms with E-state index in [0.717, 1.165) is 27.2 Å². The van der Waals surface area contributed by atoms with Gasteiger partial charge in [-0.15, -0.1) is 0 Å². The lowest BCUT2D eigenvalue weighted by molar-refractivity contribution is 0.0986. The second-order valence-corrected chi connectivity index (χ2v) is 9.93. The minimum absolute atomic E-state index is 0.232. The summed E-state index contributed by atoms with van der Waals surface area (Å²) in [5.41, 5.74) is 4.44. The van der Waals surface area contributed by atoms with Gasteiger partial charge in [0, 0.05) is 17.3 Å². The Morgan fingerprint density at radius 3 is 2.62 bits per heavy atom. The zero-order chi connectivity index (χ0) is 23.0. The Hall–Kier alpha value is -2.41. The maximum atomic E-state index is 13.6. The highest BCUT2D eigenvalue weighted by atomic mass is 35.5. The van der Waals surface area contributed by atoms with Crippen LogP contribution < -0.4 is 4.90 Å². The topological polar surface area (TPSA) is 51.0 Å². The number of aromatic nitrogens is 3. The average Bonchev–Trinajstić information content (AvgIpc) is 3.31. The second-order valence-electron chi connectivity index (χ2n) is 8.08. The molecule has 0 aliphatic carbocycles. The molecule has 0 bridgehead atoms. The van der Waals surface area contributed by atoms with Crippen molar-refractivity contribution in [3.63, 3.8) is 0 Å². The third-order valence-electron chi connectivity index (χ3n) is 5.33. The molecule has 0 fully saturated rings. The van der Waals surface area contributed by atoms with Gasteiger partial charge >= 0.3 is 0 Å². The molecule has 0 saturated heterocycles. The van der Waals surface area contributed by atoms with Gasteiger partial charge in [-0.3, -0.25) is 14.4 Å². The number of para-hydroxylation sites is 1. The van der Waals surface area contributed by atoms with Gasteiger partial charge in [0.1, 0.15) is 0 Å². The molecule has 0 aliphatic heterocycles. The Kier molecular flexibility index (Phi) is 6.56. The van der Waals surface area contributed by atoms with E-state index < -0.39 is 0 Å². The van der Waals surface area contributed by atoms with E-state index in [9.17, 15) is 4.79 Å². The van der Waals surface area contributed by atoms with Gasteiger partial charge in [-0.2, -0.15) is 5.10 Å². The Bertz CT molecular complexity index is 1290. The van der Waals surface area contributed by atoms with Gasteiger partial charge in [0.15, 0.2) is 5.13 Å². The molecule has 0 atom stereocenters. The molecular formula is C24H24Cl2N4OS. The Labute approximate surface area is 201 Å². The van der Waals surface area contributed by atoms with Crippen LogP contribution in [0.15, 0.2) is 42.5 Å². The number of rotatable bonds is 6.